The van der Waals surface area contributed by atoms with E-state index in [1.807, 2.05) is 42.3 Å². The maximum atomic E-state index is 12.9. The molecule has 0 N–H and O–H groups in total. The van der Waals surface area contributed by atoms with E-state index in [0.717, 1.165) is 57.3 Å². The van der Waals surface area contributed by atoms with Crippen molar-refractivity contribution in [2.45, 2.75) is 50.8 Å². The number of likely N-dealkylation sites (tertiary alicyclic amines) is 1. The molecule has 2 aromatic carbocycles. The van der Waals surface area contributed by atoms with Gasteiger partial charge in [0.15, 0.2) is 0 Å². The van der Waals surface area contributed by atoms with Crippen molar-refractivity contribution in [1.82, 2.24) is 14.7 Å². The molecule has 4 rings (SSSR count). The number of nitrogens with zero attached hydrogens (tertiary/aromatic N) is 4. The number of carbonyl (C=O) groups excluding carboxylic acids is 2. The van der Waals surface area contributed by atoms with Crippen LogP contribution in [0.1, 0.15) is 48.0 Å². The van der Waals surface area contributed by atoms with Crippen molar-refractivity contribution >= 4 is 17.7 Å². The Bertz CT molecular complexity index is 1170. The Morgan fingerprint density at radius 2 is 1.74 bits per heavy atom. The molecule has 2 aliphatic rings. The molecule has 1 aliphatic heterocycles. The number of hydrogen-bond donors (Lipinski definition) is 0. The second kappa shape index (κ2) is 13.3. The van der Waals surface area contributed by atoms with E-state index < -0.39 is 11.0 Å². The Morgan fingerprint density at radius 1 is 1.05 bits per heavy atom. The molecule has 0 bridgehead atoms. The minimum absolute atomic E-state index is 0.00705. The summed E-state index contributed by atoms with van der Waals surface area (Å²) in [6, 6.07) is 15.7. The quantitative estimate of drug-likeness (QED) is 0.267. The van der Waals surface area contributed by atoms with Crippen LogP contribution in [0.2, 0.25) is 0 Å². The van der Waals surface area contributed by atoms with E-state index in [9.17, 15) is 19.7 Å². The smallest absolute Gasteiger partial charge is 0.411 e. The minimum atomic E-state index is -0.465. The van der Waals surface area contributed by atoms with Crippen LogP contribution in [0.25, 0.3) is 0 Å². The van der Waals surface area contributed by atoms with Crippen molar-refractivity contribution in [2.75, 3.05) is 33.2 Å². The topological polar surface area (TPSA) is 96.2 Å². The van der Waals surface area contributed by atoms with Crippen molar-refractivity contribution in [1.29, 1.82) is 0 Å². The van der Waals surface area contributed by atoms with Gasteiger partial charge in [0.1, 0.15) is 6.61 Å². The molecule has 9 nitrogen and oxygen atoms in total. The Morgan fingerprint density at radius 3 is 2.38 bits per heavy atom. The molecule has 206 valence electrons. The molecular formula is C30H36N4O5. The highest BCUT2D eigenvalue weighted by Crippen LogP contribution is 2.31. The van der Waals surface area contributed by atoms with Crippen LogP contribution in [-0.2, 0) is 11.3 Å². The molecule has 1 heterocycles. The number of ether oxygens (including phenoxy) is 1. The summed E-state index contributed by atoms with van der Waals surface area (Å²) in [4.78, 5) is 42.0. The summed E-state index contributed by atoms with van der Waals surface area (Å²) in [7, 11) is 1.91. The lowest BCUT2D eigenvalue weighted by Gasteiger charge is -2.38. The lowest BCUT2D eigenvalue weighted by atomic mass is 10.0. The molecule has 0 radical (unpaired) electrons. The number of rotatable bonds is 9. The zero-order valence-corrected chi connectivity index (χ0v) is 22.4. The summed E-state index contributed by atoms with van der Waals surface area (Å²) < 4.78 is 5.49. The van der Waals surface area contributed by atoms with Gasteiger partial charge in [-0.3, -0.25) is 19.8 Å². The minimum Gasteiger partial charge on any atom is -0.445 e. The highest BCUT2D eigenvalue weighted by molar-refractivity contribution is 5.94. The fraction of sp³-hybridized carbons (Fsp3) is 0.467. The van der Waals surface area contributed by atoms with Gasteiger partial charge in [-0.25, -0.2) is 4.79 Å². The number of terminal acetylenes is 1. The molecule has 2 aromatic rings. The average molecular weight is 533 g/mol. The van der Waals surface area contributed by atoms with Crippen molar-refractivity contribution in [2.24, 2.45) is 5.92 Å². The Labute approximate surface area is 229 Å². The second-order valence-electron chi connectivity index (χ2n) is 10.5. The van der Waals surface area contributed by atoms with Crippen molar-refractivity contribution in [3.8, 4) is 12.3 Å². The van der Waals surface area contributed by atoms with Gasteiger partial charge in [0.25, 0.3) is 11.6 Å². The van der Waals surface area contributed by atoms with E-state index >= 15 is 0 Å². The SMILES string of the molecule is C#CCN(C(=O)OCc1ccc([N+](=O)[O-])cc1)C1CCN(CC2CCC(N(C)C(=O)c3ccccc3)C2)CC1. The van der Waals surface area contributed by atoms with Crippen LogP contribution in [0.3, 0.4) is 0 Å². The number of piperidine rings is 1. The van der Waals surface area contributed by atoms with Gasteiger partial charge in [0.2, 0.25) is 0 Å². The number of non-ortho nitro benzene ring substituents is 1. The molecular weight excluding hydrogens is 496 g/mol. The predicted octanol–water partition coefficient (Wildman–Crippen LogP) is 4.57. The molecule has 39 heavy (non-hydrogen) atoms. The average Bonchev–Trinajstić information content (AvgIpc) is 3.43. The number of hydrogen-bond acceptors (Lipinski definition) is 6. The Hall–Kier alpha value is -3.90. The first-order valence-electron chi connectivity index (χ1n) is 13.5. The first-order chi connectivity index (χ1) is 18.9. The van der Waals surface area contributed by atoms with Crippen LogP contribution < -0.4 is 0 Å². The highest BCUT2D eigenvalue weighted by Gasteiger charge is 2.33. The molecule has 2 fully saturated rings. The predicted molar refractivity (Wildman–Crippen MR) is 148 cm³/mol. The van der Waals surface area contributed by atoms with Gasteiger partial charge in [-0.15, -0.1) is 6.42 Å². The molecule has 1 aliphatic carbocycles. The van der Waals surface area contributed by atoms with E-state index in [1.54, 1.807) is 17.0 Å². The van der Waals surface area contributed by atoms with Crippen molar-refractivity contribution in [3.05, 3.63) is 75.8 Å². The summed E-state index contributed by atoms with van der Waals surface area (Å²) in [6.45, 7) is 2.95. The summed E-state index contributed by atoms with van der Waals surface area (Å²) in [5.74, 6) is 3.20. The molecule has 1 saturated carbocycles. The van der Waals surface area contributed by atoms with E-state index in [4.69, 9.17) is 11.2 Å². The van der Waals surface area contributed by atoms with Crippen molar-refractivity contribution < 1.29 is 19.2 Å². The molecule has 9 heteroatoms. The lowest BCUT2D eigenvalue weighted by molar-refractivity contribution is -0.384. The molecule has 1 saturated heterocycles. The van der Waals surface area contributed by atoms with Crippen molar-refractivity contribution in [3.63, 3.8) is 0 Å². The van der Waals surface area contributed by atoms with Gasteiger partial charge in [-0.05, 0) is 67.9 Å². The third kappa shape index (κ3) is 7.36. The van der Waals surface area contributed by atoms with Gasteiger partial charge in [0.05, 0.1) is 11.5 Å². The molecule has 2 unspecified atom stereocenters. The summed E-state index contributed by atoms with van der Waals surface area (Å²) in [5, 5.41) is 10.8. The fourth-order valence-electron chi connectivity index (χ4n) is 5.68. The summed E-state index contributed by atoms with van der Waals surface area (Å²) in [6.07, 6.45) is 9.86. The van der Waals surface area contributed by atoms with Crippen LogP contribution in [0.4, 0.5) is 10.5 Å². The van der Waals surface area contributed by atoms with Crippen LogP contribution in [0.15, 0.2) is 54.6 Å². The van der Waals surface area contributed by atoms with Gasteiger partial charge in [0, 0.05) is 56.5 Å². The number of carbonyl (C=O) groups is 2. The van der Waals surface area contributed by atoms with Gasteiger partial charge >= 0.3 is 6.09 Å². The second-order valence-corrected chi connectivity index (χ2v) is 10.5. The third-order valence-corrected chi connectivity index (χ3v) is 7.92. The van der Waals surface area contributed by atoms with E-state index in [-0.39, 0.29) is 36.8 Å². The zero-order valence-electron chi connectivity index (χ0n) is 22.4. The van der Waals surface area contributed by atoms with E-state index in [1.165, 1.54) is 12.1 Å². The normalized spacial score (nSPS) is 19.7. The fourth-order valence-corrected chi connectivity index (χ4v) is 5.68. The van der Waals surface area contributed by atoms with Crippen LogP contribution >= 0.6 is 0 Å². The third-order valence-electron chi connectivity index (χ3n) is 7.92. The molecule has 2 amide bonds. The number of nitro benzene ring substituents is 1. The summed E-state index contributed by atoms with van der Waals surface area (Å²) >= 11 is 0. The lowest BCUT2D eigenvalue weighted by Crippen LogP contribution is -2.48. The summed E-state index contributed by atoms with van der Waals surface area (Å²) in [5.41, 5.74) is 1.40. The maximum absolute atomic E-state index is 12.9. The Balaban J connectivity index is 1.22. The highest BCUT2D eigenvalue weighted by atomic mass is 16.6. The van der Waals surface area contributed by atoms with Gasteiger partial charge in [-0.1, -0.05) is 24.1 Å². The van der Waals surface area contributed by atoms with Gasteiger partial charge < -0.3 is 14.5 Å². The van der Waals surface area contributed by atoms with Crippen LogP contribution in [-0.4, -0.2) is 76.9 Å². The first kappa shape index (κ1) is 28.1. The van der Waals surface area contributed by atoms with Crippen LogP contribution in [0, 0.1) is 28.4 Å². The molecule has 0 aromatic heterocycles. The maximum Gasteiger partial charge on any atom is 0.411 e. The zero-order chi connectivity index (χ0) is 27.8. The first-order valence-corrected chi connectivity index (χ1v) is 13.5. The number of nitro groups is 1. The standard InChI is InChI=1S/C30H36N4O5/c1-3-17-33(30(36)39-22-23-9-12-27(13-10-23)34(37)38)26-15-18-32(19-16-26)21-24-11-14-28(20-24)31(2)29(35)25-7-5-4-6-8-25/h1,4-10,12-13,24,26,28H,11,14-22H2,2H3. The monoisotopic (exact) mass is 532 g/mol. The van der Waals surface area contributed by atoms with E-state index in [2.05, 4.69) is 10.8 Å². The number of amides is 2. The molecule has 0 spiro atoms. The van der Waals surface area contributed by atoms with Gasteiger partial charge in [-0.2, -0.15) is 0 Å². The van der Waals surface area contributed by atoms with Crippen LogP contribution in [0.5, 0.6) is 0 Å². The largest absolute Gasteiger partial charge is 0.445 e. The molecule has 2 atom stereocenters. The Kier molecular flexibility index (Phi) is 9.55. The number of benzene rings is 2. The van der Waals surface area contributed by atoms with E-state index in [0.29, 0.717) is 11.5 Å².